The standard InChI is InChI=1S/C24H25N3O5S/c1-25-24(29)20-10-5-19(6-11-20)17-27(2)23(28)14-9-18-7-12-22(13-8-18)33(30,31)26-16-21-4-3-15-32-21/h3-15,26H,16-17H2,1-2H3,(H,25,29)/b14-9+. The third kappa shape index (κ3) is 6.64. The van der Waals surface area contributed by atoms with Gasteiger partial charge in [0.15, 0.2) is 0 Å². The molecule has 0 saturated carbocycles. The Morgan fingerprint density at radius 3 is 2.33 bits per heavy atom. The van der Waals surface area contributed by atoms with Crippen LogP contribution in [0, 0.1) is 0 Å². The van der Waals surface area contributed by atoms with Gasteiger partial charge in [0.1, 0.15) is 5.76 Å². The molecule has 8 nitrogen and oxygen atoms in total. The van der Waals surface area contributed by atoms with E-state index in [0.29, 0.717) is 23.4 Å². The summed E-state index contributed by atoms with van der Waals surface area (Å²) in [5.41, 5.74) is 2.14. The second-order valence-corrected chi connectivity index (χ2v) is 9.04. The van der Waals surface area contributed by atoms with Gasteiger partial charge in [0.25, 0.3) is 5.91 Å². The zero-order valence-corrected chi connectivity index (χ0v) is 19.1. The Morgan fingerprint density at radius 2 is 1.73 bits per heavy atom. The molecule has 2 amide bonds. The first-order valence-corrected chi connectivity index (χ1v) is 11.6. The van der Waals surface area contributed by atoms with Crippen LogP contribution in [0.15, 0.2) is 82.3 Å². The van der Waals surface area contributed by atoms with Crippen LogP contribution in [-0.4, -0.2) is 39.2 Å². The van der Waals surface area contributed by atoms with Crippen molar-refractivity contribution in [2.45, 2.75) is 18.0 Å². The summed E-state index contributed by atoms with van der Waals surface area (Å²) in [5, 5.41) is 2.56. The van der Waals surface area contributed by atoms with Crippen molar-refractivity contribution < 1.29 is 22.4 Å². The van der Waals surface area contributed by atoms with Crippen LogP contribution in [0.4, 0.5) is 0 Å². The fraction of sp³-hybridized carbons (Fsp3) is 0.167. The molecule has 2 N–H and O–H groups in total. The van der Waals surface area contributed by atoms with Crippen LogP contribution in [0.3, 0.4) is 0 Å². The Kier molecular flexibility index (Phi) is 7.81. The lowest BCUT2D eigenvalue weighted by Gasteiger charge is -2.15. The number of hydrogen-bond acceptors (Lipinski definition) is 5. The van der Waals surface area contributed by atoms with Gasteiger partial charge in [-0.1, -0.05) is 24.3 Å². The van der Waals surface area contributed by atoms with E-state index in [1.54, 1.807) is 73.6 Å². The van der Waals surface area contributed by atoms with Gasteiger partial charge in [-0.05, 0) is 53.6 Å². The van der Waals surface area contributed by atoms with Gasteiger partial charge in [-0.2, -0.15) is 0 Å². The average molecular weight is 468 g/mol. The molecule has 33 heavy (non-hydrogen) atoms. The van der Waals surface area contributed by atoms with Gasteiger partial charge < -0.3 is 14.6 Å². The summed E-state index contributed by atoms with van der Waals surface area (Å²) in [7, 11) is -0.426. The molecule has 0 aliphatic carbocycles. The summed E-state index contributed by atoms with van der Waals surface area (Å²) in [5.74, 6) is 0.145. The summed E-state index contributed by atoms with van der Waals surface area (Å²) in [6.45, 7) is 0.446. The fourth-order valence-corrected chi connectivity index (χ4v) is 3.97. The van der Waals surface area contributed by atoms with Crippen LogP contribution in [0.2, 0.25) is 0 Å². The van der Waals surface area contributed by atoms with E-state index in [4.69, 9.17) is 4.42 Å². The smallest absolute Gasteiger partial charge is 0.251 e. The zero-order valence-electron chi connectivity index (χ0n) is 18.3. The maximum atomic E-state index is 12.4. The molecule has 172 valence electrons. The minimum atomic E-state index is -3.68. The van der Waals surface area contributed by atoms with Crippen molar-refractivity contribution in [1.29, 1.82) is 0 Å². The summed E-state index contributed by atoms with van der Waals surface area (Å²) < 4.78 is 32.4. The molecular weight excluding hydrogens is 442 g/mol. The van der Waals surface area contributed by atoms with E-state index < -0.39 is 10.0 Å². The molecule has 3 rings (SSSR count). The van der Waals surface area contributed by atoms with Gasteiger partial charge >= 0.3 is 0 Å². The first-order valence-electron chi connectivity index (χ1n) is 10.1. The van der Waals surface area contributed by atoms with Crippen LogP contribution in [-0.2, 0) is 27.9 Å². The second kappa shape index (κ2) is 10.8. The SMILES string of the molecule is CNC(=O)c1ccc(CN(C)C(=O)/C=C/c2ccc(S(=O)(=O)NCc3ccco3)cc2)cc1. The molecule has 0 bridgehead atoms. The monoisotopic (exact) mass is 467 g/mol. The Morgan fingerprint density at radius 1 is 1.03 bits per heavy atom. The second-order valence-electron chi connectivity index (χ2n) is 7.28. The highest BCUT2D eigenvalue weighted by molar-refractivity contribution is 7.89. The first kappa shape index (κ1) is 24.0. The number of nitrogens with zero attached hydrogens (tertiary/aromatic N) is 1. The molecule has 0 aliphatic rings. The minimum Gasteiger partial charge on any atom is -0.468 e. The molecule has 0 fully saturated rings. The molecule has 0 saturated heterocycles. The summed E-state index contributed by atoms with van der Waals surface area (Å²) in [4.78, 5) is 25.7. The number of carbonyl (C=O) groups excluding carboxylic acids is 2. The van der Waals surface area contributed by atoms with E-state index in [-0.39, 0.29) is 23.3 Å². The highest BCUT2D eigenvalue weighted by atomic mass is 32.2. The quantitative estimate of drug-likeness (QED) is 0.471. The van der Waals surface area contributed by atoms with Crippen molar-refractivity contribution in [3.8, 4) is 0 Å². The van der Waals surface area contributed by atoms with E-state index in [1.165, 1.54) is 24.5 Å². The number of furan rings is 1. The van der Waals surface area contributed by atoms with Crippen molar-refractivity contribution in [2.24, 2.45) is 0 Å². The van der Waals surface area contributed by atoms with Crippen molar-refractivity contribution in [3.05, 3.63) is 95.5 Å². The molecule has 9 heteroatoms. The van der Waals surface area contributed by atoms with Crippen LogP contribution in [0.1, 0.15) is 27.2 Å². The molecule has 0 unspecified atom stereocenters. The number of sulfonamides is 1. The van der Waals surface area contributed by atoms with E-state index in [2.05, 4.69) is 10.0 Å². The van der Waals surface area contributed by atoms with E-state index >= 15 is 0 Å². The third-order valence-corrected chi connectivity index (χ3v) is 6.28. The fourth-order valence-electron chi connectivity index (χ4n) is 2.97. The zero-order chi connectivity index (χ0) is 23.8. The van der Waals surface area contributed by atoms with Gasteiger partial charge in [0, 0.05) is 32.3 Å². The molecular formula is C24H25N3O5S. The number of amides is 2. The maximum Gasteiger partial charge on any atom is 0.251 e. The Labute approximate surface area is 193 Å². The molecule has 0 radical (unpaired) electrons. The van der Waals surface area contributed by atoms with Crippen LogP contribution < -0.4 is 10.0 Å². The topological polar surface area (TPSA) is 109 Å². The molecule has 3 aromatic rings. The molecule has 0 aliphatic heterocycles. The number of nitrogens with one attached hydrogen (secondary N) is 2. The van der Waals surface area contributed by atoms with E-state index in [0.717, 1.165) is 5.56 Å². The van der Waals surface area contributed by atoms with E-state index in [9.17, 15) is 18.0 Å². The summed E-state index contributed by atoms with van der Waals surface area (Å²) in [6.07, 6.45) is 4.53. The van der Waals surface area contributed by atoms with Crippen molar-refractivity contribution >= 4 is 27.9 Å². The number of hydrogen-bond donors (Lipinski definition) is 2. The summed E-state index contributed by atoms with van der Waals surface area (Å²) in [6, 6.07) is 16.6. The van der Waals surface area contributed by atoms with Crippen molar-refractivity contribution in [3.63, 3.8) is 0 Å². The van der Waals surface area contributed by atoms with Gasteiger partial charge in [-0.15, -0.1) is 0 Å². The lowest BCUT2D eigenvalue weighted by molar-refractivity contribution is -0.125. The average Bonchev–Trinajstić information content (AvgIpc) is 3.35. The van der Waals surface area contributed by atoms with Crippen LogP contribution in [0.25, 0.3) is 6.08 Å². The van der Waals surface area contributed by atoms with Crippen LogP contribution >= 0.6 is 0 Å². The first-order chi connectivity index (χ1) is 15.8. The largest absolute Gasteiger partial charge is 0.468 e. The van der Waals surface area contributed by atoms with E-state index in [1.807, 2.05) is 0 Å². The normalized spacial score (nSPS) is 11.5. The number of carbonyl (C=O) groups is 2. The predicted molar refractivity (Wildman–Crippen MR) is 125 cm³/mol. The number of rotatable bonds is 9. The summed E-state index contributed by atoms with van der Waals surface area (Å²) >= 11 is 0. The Balaban J connectivity index is 1.56. The highest BCUT2D eigenvalue weighted by Crippen LogP contribution is 2.13. The molecule has 0 spiro atoms. The molecule has 1 heterocycles. The van der Waals surface area contributed by atoms with Gasteiger partial charge in [0.05, 0.1) is 17.7 Å². The highest BCUT2D eigenvalue weighted by Gasteiger charge is 2.14. The predicted octanol–water partition coefficient (Wildman–Crippen LogP) is 2.79. The minimum absolute atomic E-state index is 0.0619. The van der Waals surface area contributed by atoms with Crippen LogP contribution in [0.5, 0.6) is 0 Å². The molecule has 0 atom stereocenters. The Hall–Kier alpha value is -3.69. The van der Waals surface area contributed by atoms with Gasteiger partial charge in [-0.3, -0.25) is 9.59 Å². The number of benzene rings is 2. The number of likely N-dealkylation sites (N-methyl/N-ethyl adjacent to an activating group) is 1. The molecule has 1 aromatic heterocycles. The van der Waals surface area contributed by atoms with Crippen molar-refractivity contribution in [2.75, 3.05) is 14.1 Å². The molecule has 2 aromatic carbocycles. The maximum absolute atomic E-state index is 12.4. The van der Waals surface area contributed by atoms with Gasteiger partial charge in [0.2, 0.25) is 15.9 Å². The lowest BCUT2D eigenvalue weighted by Crippen LogP contribution is -2.24. The Bertz CT molecular complexity index is 1220. The van der Waals surface area contributed by atoms with Gasteiger partial charge in [-0.25, -0.2) is 13.1 Å². The lowest BCUT2D eigenvalue weighted by atomic mass is 10.1. The third-order valence-electron chi connectivity index (χ3n) is 4.86. The van der Waals surface area contributed by atoms with Crippen molar-refractivity contribution in [1.82, 2.24) is 14.9 Å².